The second-order valence-electron chi connectivity index (χ2n) is 6.63. The maximum absolute atomic E-state index is 12.4. The van der Waals surface area contributed by atoms with Crippen LogP contribution in [0.2, 0.25) is 0 Å². The number of carbonyl (C=O) groups is 1. The minimum absolute atomic E-state index is 0.0215. The van der Waals surface area contributed by atoms with Gasteiger partial charge in [0.25, 0.3) is 0 Å². The lowest BCUT2D eigenvalue weighted by Crippen LogP contribution is -2.42. The van der Waals surface area contributed by atoms with E-state index in [4.69, 9.17) is 0 Å². The van der Waals surface area contributed by atoms with E-state index < -0.39 is 0 Å². The number of benzene rings is 2. The fourth-order valence-electron chi connectivity index (χ4n) is 3.52. The summed E-state index contributed by atoms with van der Waals surface area (Å²) in [6, 6.07) is 18.7. The Bertz CT molecular complexity index is 927. The molecule has 2 aromatic carbocycles. The van der Waals surface area contributed by atoms with Crippen LogP contribution in [0.5, 0.6) is 0 Å². The monoisotopic (exact) mass is 345 g/mol. The Labute approximate surface area is 153 Å². The van der Waals surface area contributed by atoms with Crippen LogP contribution in [-0.4, -0.2) is 35.5 Å². The molecule has 2 N–H and O–H groups in total. The van der Waals surface area contributed by atoms with Crippen molar-refractivity contribution in [3.8, 4) is 0 Å². The molecule has 1 aliphatic heterocycles. The Morgan fingerprint density at radius 3 is 2.69 bits per heavy atom. The minimum atomic E-state index is 0.0215. The van der Waals surface area contributed by atoms with Crippen LogP contribution in [0.1, 0.15) is 17.5 Å². The van der Waals surface area contributed by atoms with E-state index in [9.17, 15) is 4.79 Å². The van der Waals surface area contributed by atoms with E-state index in [1.54, 1.807) is 0 Å². The number of amides is 2. The number of rotatable bonds is 4. The van der Waals surface area contributed by atoms with Crippen molar-refractivity contribution in [3.05, 3.63) is 78.0 Å². The number of aromatic amines is 1. The summed E-state index contributed by atoms with van der Waals surface area (Å²) >= 11 is 0. The second kappa shape index (κ2) is 7.48. The van der Waals surface area contributed by atoms with Gasteiger partial charge in [-0.1, -0.05) is 54.6 Å². The molecule has 2 amide bonds. The molecule has 2 heterocycles. The Morgan fingerprint density at radius 2 is 1.88 bits per heavy atom. The summed E-state index contributed by atoms with van der Waals surface area (Å²) in [4.78, 5) is 17.6. The molecule has 0 saturated carbocycles. The molecule has 0 saturated heterocycles. The third-order valence-corrected chi connectivity index (χ3v) is 4.99. The van der Waals surface area contributed by atoms with Crippen molar-refractivity contribution in [2.75, 3.05) is 19.6 Å². The summed E-state index contributed by atoms with van der Waals surface area (Å²) in [6.45, 7) is 2.08. The van der Waals surface area contributed by atoms with Gasteiger partial charge in [-0.2, -0.15) is 0 Å². The van der Waals surface area contributed by atoms with Gasteiger partial charge in [0.15, 0.2) is 0 Å². The van der Waals surface area contributed by atoms with E-state index in [1.165, 1.54) is 22.1 Å². The Balaban J connectivity index is 1.30. The number of H-pyrrole nitrogens is 1. The molecule has 0 fully saturated rings. The van der Waals surface area contributed by atoms with Crippen LogP contribution < -0.4 is 5.32 Å². The first kappa shape index (κ1) is 16.5. The molecule has 4 heteroatoms. The lowest BCUT2D eigenvalue weighted by molar-refractivity contribution is 0.203. The number of aromatic nitrogens is 1. The van der Waals surface area contributed by atoms with Gasteiger partial charge in [0.05, 0.1) is 0 Å². The summed E-state index contributed by atoms with van der Waals surface area (Å²) in [5, 5.41) is 4.29. The molecular formula is C22H23N3O. The van der Waals surface area contributed by atoms with E-state index in [-0.39, 0.29) is 6.03 Å². The molecule has 3 aromatic rings. The van der Waals surface area contributed by atoms with Crippen LogP contribution in [0.3, 0.4) is 0 Å². The van der Waals surface area contributed by atoms with Crippen LogP contribution in [0.15, 0.2) is 66.9 Å². The quantitative estimate of drug-likeness (QED) is 0.731. The molecular weight excluding hydrogens is 322 g/mol. The first-order chi connectivity index (χ1) is 12.8. The predicted molar refractivity (Wildman–Crippen MR) is 106 cm³/mol. The summed E-state index contributed by atoms with van der Waals surface area (Å²) in [5.74, 6) is 0. The van der Waals surface area contributed by atoms with E-state index in [0.29, 0.717) is 13.1 Å². The molecule has 1 aliphatic rings. The van der Waals surface area contributed by atoms with E-state index in [2.05, 4.69) is 52.8 Å². The molecule has 1 aromatic heterocycles. The van der Waals surface area contributed by atoms with Crippen molar-refractivity contribution in [2.24, 2.45) is 0 Å². The van der Waals surface area contributed by atoms with Gasteiger partial charge >= 0.3 is 6.03 Å². The molecule has 4 rings (SSSR count). The smallest absolute Gasteiger partial charge is 0.317 e. The zero-order chi connectivity index (χ0) is 17.8. The number of carbonyl (C=O) groups excluding carboxylic acids is 1. The maximum atomic E-state index is 12.4. The highest BCUT2D eigenvalue weighted by Gasteiger charge is 2.17. The lowest BCUT2D eigenvalue weighted by atomic mass is 10.00. The van der Waals surface area contributed by atoms with Crippen molar-refractivity contribution >= 4 is 22.5 Å². The van der Waals surface area contributed by atoms with Gasteiger partial charge in [0.1, 0.15) is 0 Å². The lowest BCUT2D eigenvalue weighted by Gasteiger charge is -2.27. The fraction of sp³-hybridized carbons (Fsp3) is 0.227. The number of urea groups is 1. The number of hydrogen-bond acceptors (Lipinski definition) is 1. The Kier molecular flexibility index (Phi) is 4.73. The van der Waals surface area contributed by atoms with Gasteiger partial charge in [0.2, 0.25) is 0 Å². The molecule has 0 spiro atoms. The van der Waals surface area contributed by atoms with Gasteiger partial charge in [-0.05, 0) is 35.6 Å². The maximum Gasteiger partial charge on any atom is 0.317 e. The molecule has 0 aliphatic carbocycles. The van der Waals surface area contributed by atoms with E-state index >= 15 is 0 Å². The van der Waals surface area contributed by atoms with Crippen molar-refractivity contribution in [3.63, 3.8) is 0 Å². The standard InChI is InChI=1S/C22H23N3O/c26-22(23-13-10-19-16-24-21-9-5-4-8-20(19)21)25-14-11-18(12-15-25)17-6-2-1-3-7-17/h1-9,11,16,24H,10,12-15H2,(H,23,26). The molecule has 0 radical (unpaired) electrons. The third kappa shape index (κ3) is 3.49. The van der Waals surface area contributed by atoms with Crippen LogP contribution in [0.4, 0.5) is 4.79 Å². The van der Waals surface area contributed by atoms with Gasteiger partial charge in [0, 0.05) is 36.7 Å². The summed E-state index contributed by atoms with van der Waals surface area (Å²) in [7, 11) is 0. The molecule has 4 nitrogen and oxygen atoms in total. The average Bonchev–Trinajstić information content (AvgIpc) is 3.12. The fourth-order valence-corrected chi connectivity index (χ4v) is 3.52. The van der Waals surface area contributed by atoms with E-state index in [0.717, 1.165) is 24.9 Å². The molecule has 26 heavy (non-hydrogen) atoms. The van der Waals surface area contributed by atoms with Gasteiger partial charge in [-0.3, -0.25) is 0 Å². The second-order valence-corrected chi connectivity index (χ2v) is 6.63. The highest BCUT2D eigenvalue weighted by atomic mass is 16.2. The highest BCUT2D eigenvalue weighted by Crippen LogP contribution is 2.22. The zero-order valence-electron chi connectivity index (χ0n) is 14.7. The van der Waals surface area contributed by atoms with Crippen LogP contribution in [0.25, 0.3) is 16.5 Å². The summed E-state index contributed by atoms with van der Waals surface area (Å²) in [5.41, 5.74) is 4.97. The average molecular weight is 345 g/mol. The SMILES string of the molecule is O=C(NCCc1c[nH]c2ccccc12)N1CC=C(c2ccccc2)CC1. The molecule has 0 atom stereocenters. The zero-order valence-corrected chi connectivity index (χ0v) is 14.7. The molecule has 132 valence electrons. The summed E-state index contributed by atoms with van der Waals surface area (Å²) in [6.07, 6.45) is 5.93. The molecule has 0 bridgehead atoms. The topological polar surface area (TPSA) is 48.1 Å². The number of fused-ring (bicyclic) bond motifs is 1. The number of para-hydroxylation sites is 1. The largest absolute Gasteiger partial charge is 0.361 e. The number of nitrogens with one attached hydrogen (secondary N) is 2. The summed E-state index contributed by atoms with van der Waals surface area (Å²) < 4.78 is 0. The number of hydrogen-bond donors (Lipinski definition) is 2. The third-order valence-electron chi connectivity index (χ3n) is 4.99. The van der Waals surface area contributed by atoms with Crippen molar-refractivity contribution in [1.29, 1.82) is 0 Å². The van der Waals surface area contributed by atoms with Gasteiger partial charge < -0.3 is 15.2 Å². The Hall–Kier alpha value is -3.01. The van der Waals surface area contributed by atoms with Crippen LogP contribution in [0, 0.1) is 0 Å². The highest BCUT2D eigenvalue weighted by molar-refractivity contribution is 5.83. The number of nitrogens with zero attached hydrogens (tertiary/aromatic N) is 1. The van der Waals surface area contributed by atoms with Crippen molar-refractivity contribution < 1.29 is 4.79 Å². The van der Waals surface area contributed by atoms with Crippen molar-refractivity contribution in [2.45, 2.75) is 12.8 Å². The van der Waals surface area contributed by atoms with Crippen molar-refractivity contribution in [1.82, 2.24) is 15.2 Å². The normalized spacial score (nSPS) is 14.3. The first-order valence-electron chi connectivity index (χ1n) is 9.13. The minimum Gasteiger partial charge on any atom is -0.361 e. The van der Waals surface area contributed by atoms with Gasteiger partial charge in [-0.15, -0.1) is 0 Å². The first-order valence-corrected chi connectivity index (χ1v) is 9.13. The van der Waals surface area contributed by atoms with Gasteiger partial charge in [-0.25, -0.2) is 4.79 Å². The van der Waals surface area contributed by atoms with E-state index in [1.807, 2.05) is 29.3 Å². The van der Waals surface area contributed by atoms with Crippen LogP contribution >= 0.6 is 0 Å². The van der Waals surface area contributed by atoms with Crippen LogP contribution in [-0.2, 0) is 6.42 Å². The Morgan fingerprint density at radius 1 is 1.08 bits per heavy atom. The molecule has 0 unspecified atom stereocenters. The predicted octanol–water partition coefficient (Wildman–Crippen LogP) is 4.21.